The summed E-state index contributed by atoms with van der Waals surface area (Å²) in [5.74, 6) is 0. The molecule has 0 heterocycles. The van der Waals surface area contributed by atoms with Crippen molar-refractivity contribution in [2.75, 3.05) is 7.11 Å². The lowest BCUT2D eigenvalue weighted by molar-refractivity contribution is 0.165. The van der Waals surface area contributed by atoms with Gasteiger partial charge in [0.15, 0.2) is 0 Å². The molecule has 62 valence electrons. The van der Waals surface area contributed by atoms with Crippen LogP contribution in [-0.2, 0) is 4.74 Å². The highest BCUT2D eigenvalue weighted by atomic mass is 16.5. The molecule has 1 rings (SSSR count). The molecule has 0 saturated heterocycles. The molecule has 1 aliphatic carbocycles. The largest absolute Gasteiger partial charge is 0.453 e. The smallest absolute Gasteiger partial charge is 0.407 e. The van der Waals surface area contributed by atoms with Crippen molar-refractivity contribution in [1.29, 1.82) is 0 Å². The van der Waals surface area contributed by atoms with Gasteiger partial charge in [-0.2, -0.15) is 0 Å². The van der Waals surface area contributed by atoms with E-state index in [1.165, 1.54) is 7.11 Å². The predicted molar refractivity (Wildman–Crippen MR) is 42.3 cm³/mol. The number of methoxy groups -OCH3 is 1. The number of nitrogens with one attached hydrogen (secondary N) is 1. The Kier molecular flexibility index (Phi) is 2.17. The number of ether oxygens (including phenoxy) is 1. The second kappa shape index (κ2) is 2.95. The van der Waals surface area contributed by atoms with Gasteiger partial charge in [0.25, 0.3) is 0 Å². The molecule has 3 nitrogen and oxygen atoms in total. The molecule has 0 aromatic heterocycles. The number of hydrogen-bond acceptors (Lipinski definition) is 2. The number of carbonyl (C=O) groups excluding carboxylic acids is 1. The Hall–Kier alpha value is -0.990. The third kappa shape index (κ3) is 1.97. The Bertz CT molecular complexity index is 173. The van der Waals surface area contributed by atoms with Crippen LogP contribution in [0.4, 0.5) is 4.79 Å². The third-order valence-electron chi connectivity index (χ3n) is 1.94. The van der Waals surface area contributed by atoms with E-state index in [0.717, 1.165) is 19.3 Å². The third-order valence-corrected chi connectivity index (χ3v) is 1.94. The van der Waals surface area contributed by atoms with Crippen molar-refractivity contribution in [2.45, 2.75) is 24.8 Å². The van der Waals surface area contributed by atoms with E-state index in [1.54, 1.807) is 0 Å². The van der Waals surface area contributed by atoms with Crippen molar-refractivity contribution in [1.82, 2.24) is 5.32 Å². The average Bonchev–Trinajstić information content (AvgIpc) is 2.70. The first-order valence-electron chi connectivity index (χ1n) is 3.69. The van der Waals surface area contributed by atoms with E-state index in [-0.39, 0.29) is 11.6 Å². The highest BCUT2D eigenvalue weighted by Gasteiger charge is 2.42. The minimum Gasteiger partial charge on any atom is -0.453 e. The molecule has 0 aromatic carbocycles. The summed E-state index contributed by atoms with van der Waals surface area (Å²) in [7, 11) is 1.37. The number of carbonyl (C=O) groups is 1. The van der Waals surface area contributed by atoms with Crippen LogP contribution in [0.2, 0.25) is 0 Å². The molecule has 3 heteroatoms. The fourth-order valence-corrected chi connectivity index (χ4v) is 1.07. The van der Waals surface area contributed by atoms with E-state index < -0.39 is 0 Å². The van der Waals surface area contributed by atoms with Gasteiger partial charge in [-0.3, -0.25) is 0 Å². The monoisotopic (exact) mass is 155 g/mol. The van der Waals surface area contributed by atoms with Gasteiger partial charge in [0.1, 0.15) is 0 Å². The van der Waals surface area contributed by atoms with Gasteiger partial charge < -0.3 is 10.1 Å². The SMILES string of the molecule is C=CCC1(NC(=O)OC)CC1. The maximum Gasteiger partial charge on any atom is 0.407 e. The van der Waals surface area contributed by atoms with Crippen molar-refractivity contribution < 1.29 is 9.53 Å². The van der Waals surface area contributed by atoms with Gasteiger partial charge >= 0.3 is 6.09 Å². The maximum atomic E-state index is 10.8. The summed E-state index contributed by atoms with van der Waals surface area (Å²) in [5.41, 5.74) is -0.0190. The Labute approximate surface area is 66.4 Å². The molecule has 0 bridgehead atoms. The lowest BCUT2D eigenvalue weighted by Gasteiger charge is -2.13. The van der Waals surface area contributed by atoms with Crippen LogP contribution in [0, 0.1) is 0 Å². The molecule has 0 aliphatic heterocycles. The topological polar surface area (TPSA) is 38.3 Å². The number of hydrogen-bond donors (Lipinski definition) is 1. The molecule has 1 amide bonds. The Morgan fingerprint density at radius 3 is 2.82 bits per heavy atom. The maximum absolute atomic E-state index is 10.8. The van der Waals surface area contributed by atoms with Crippen LogP contribution < -0.4 is 5.32 Å². The molecule has 1 N–H and O–H groups in total. The van der Waals surface area contributed by atoms with Crippen molar-refractivity contribution in [3.8, 4) is 0 Å². The van der Waals surface area contributed by atoms with Gasteiger partial charge in [-0.05, 0) is 19.3 Å². The van der Waals surface area contributed by atoms with Crippen molar-refractivity contribution in [3.63, 3.8) is 0 Å². The van der Waals surface area contributed by atoms with Gasteiger partial charge in [-0.15, -0.1) is 6.58 Å². The zero-order valence-electron chi connectivity index (χ0n) is 6.72. The average molecular weight is 155 g/mol. The van der Waals surface area contributed by atoms with Gasteiger partial charge in [0.2, 0.25) is 0 Å². The highest BCUT2D eigenvalue weighted by Crippen LogP contribution is 2.38. The molecule has 0 aromatic rings. The molecule has 11 heavy (non-hydrogen) atoms. The molecule has 0 unspecified atom stereocenters. The standard InChI is InChI=1S/C8H13NO2/c1-3-4-8(5-6-8)9-7(10)11-2/h3H,1,4-6H2,2H3,(H,9,10). The summed E-state index contributed by atoms with van der Waals surface area (Å²) in [6.07, 6.45) is 4.39. The van der Waals surface area contributed by atoms with E-state index in [1.807, 2.05) is 6.08 Å². The van der Waals surface area contributed by atoms with E-state index in [9.17, 15) is 4.79 Å². The first kappa shape index (κ1) is 8.11. The van der Waals surface area contributed by atoms with E-state index >= 15 is 0 Å². The van der Waals surface area contributed by atoms with Crippen LogP contribution in [0.25, 0.3) is 0 Å². The van der Waals surface area contributed by atoms with Crippen LogP contribution in [0.15, 0.2) is 12.7 Å². The zero-order valence-corrected chi connectivity index (χ0v) is 6.72. The van der Waals surface area contributed by atoms with Crippen LogP contribution in [-0.4, -0.2) is 18.7 Å². The normalized spacial score (nSPS) is 18.6. The van der Waals surface area contributed by atoms with Gasteiger partial charge in [-0.1, -0.05) is 6.08 Å². The van der Waals surface area contributed by atoms with Crippen molar-refractivity contribution >= 4 is 6.09 Å². The van der Waals surface area contributed by atoms with Crippen LogP contribution >= 0.6 is 0 Å². The lowest BCUT2D eigenvalue weighted by Crippen LogP contribution is -2.36. The summed E-state index contributed by atoms with van der Waals surface area (Å²) in [5, 5.41) is 2.79. The minimum atomic E-state index is -0.343. The Morgan fingerprint density at radius 2 is 2.45 bits per heavy atom. The quantitative estimate of drug-likeness (QED) is 0.626. The van der Waals surface area contributed by atoms with Gasteiger partial charge in [0.05, 0.1) is 7.11 Å². The zero-order chi connectivity index (χ0) is 8.32. The molecule has 1 fully saturated rings. The summed E-state index contributed by atoms with van der Waals surface area (Å²) < 4.78 is 4.49. The summed E-state index contributed by atoms with van der Waals surface area (Å²) in [6.45, 7) is 3.63. The molecule has 0 atom stereocenters. The fourth-order valence-electron chi connectivity index (χ4n) is 1.07. The second-order valence-corrected chi connectivity index (χ2v) is 2.89. The lowest BCUT2D eigenvalue weighted by atomic mass is 10.2. The molecular weight excluding hydrogens is 142 g/mol. The van der Waals surface area contributed by atoms with Crippen LogP contribution in [0.5, 0.6) is 0 Å². The van der Waals surface area contributed by atoms with E-state index in [0.29, 0.717) is 0 Å². The second-order valence-electron chi connectivity index (χ2n) is 2.89. The van der Waals surface area contributed by atoms with Crippen molar-refractivity contribution in [2.24, 2.45) is 0 Å². The molecular formula is C8H13NO2. The summed E-state index contributed by atoms with van der Waals surface area (Å²) in [6, 6.07) is 0. The van der Waals surface area contributed by atoms with Crippen LogP contribution in [0.1, 0.15) is 19.3 Å². The predicted octanol–water partition coefficient (Wildman–Crippen LogP) is 1.45. The summed E-state index contributed by atoms with van der Waals surface area (Å²) in [4.78, 5) is 10.8. The first-order chi connectivity index (χ1) is 5.22. The molecule has 0 radical (unpaired) electrons. The number of alkyl carbamates (subject to hydrolysis) is 1. The first-order valence-corrected chi connectivity index (χ1v) is 3.69. The Morgan fingerprint density at radius 1 is 1.82 bits per heavy atom. The van der Waals surface area contributed by atoms with Crippen LogP contribution in [0.3, 0.4) is 0 Å². The minimum absolute atomic E-state index is 0.0190. The summed E-state index contributed by atoms with van der Waals surface area (Å²) >= 11 is 0. The molecule has 1 saturated carbocycles. The highest BCUT2D eigenvalue weighted by molar-refractivity contribution is 5.68. The van der Waals surface area contributed by atoms with Gasteiger partial charge in [0, 0.05) is 5.54 Å². The van der Waals surface area contributed by atoms with E-state index in [4.69, 9.17) is 0 Å². The number of rotatable bonds is 3. The van der Waals surface area contributed by atoms with Crippen molar-refractivity contribution in [3.05, 3.63) is 12.7 Å². The van der Waals surface area contributed by atoms with Gasteiger partial charge in [-0.25, -0.2) is 4.79 Å². The molecule has 0 spiro atoms. The Balaban J connectivity index is 2.34. The fraction of sp³-hybridized carbons (Fsp3) is 0.625. The van der Waals surface area contributed by atoms with E-state index in [2.05, 4.69) is 16.6 Å². The molecule has 1 aliphatic rings. The number of amides is 1.